The van der Waals surface area contributed by atoms with Gasteiger partial charge < -0.3 is 10.4 Å². The van der Waals surface area contributed by atoms with Crippen LogP contribution in [0.4, 0.5) is 5.82 Å². The summed E-state index contributed by atoms with van der Waals surface area (Å²) < 4.78 is 0. The molecule has 4 nitrogen and oxygen atoms in total. The third-order valence-corrected chi connectivity index (χ3v) is 2.28. The van der Waals surface area contributed by atoms with Crippen molar-refractivity contribution >= 4 is 11.8 Å². The lowest BCUT2D eigenvalue weighted by molar-refractivity contribution is 0.0690. The summed E-state index contributed by atoms with van der Waals surface area (Å²) in [6, 6.07) is 14.7. The lowest BCUT2D eigenvalue weighted by Gasteiger charge is -2.05. The molecular formula is C13H12N2O2. The molecule has 0 radical (unpaired) electrons. The van der Waals surface area contributed by atoms with E-state index >= 15 is 0 Å². The van der Waals surface area contributed by atoms with Crippen molar-refractivity contribution < 1.29 is 9.90 Å². The highest BCUT2D eigenvalue weighted by Crippen LogP contribution is 2.07. The Kier molecular flexibility index (Phi) is 3.35. The SMILES string of the molecule is O=C(O)c1cccc(NCc2ccccc2)n1. The van der Waals surface area contributed by atoms with Gasteiger partial charge in [0.15, 0.2) is 5.69 Å². The number of carboxylic acid groups (broad SMARTS) is 1. The number of aromatic carboxylic acids is 1. The number of benzene rings is 1. The molecule has 1 aromatic carbocycles. The molecule has 0 bridgehead atoms. The Morgan fingerprint density at radius 3 is 2.59 bits per heavy atom. The van der Waals surface area contributed by atoms with Gasteiger partial charge >= 0.3 is 5.97 Å². The van der Waals surface area contributed by atoms with Crippen molar-refractivity contribution in [3.63, 3.8) is 0 Å². The summed E-state index contributed by atoms with van der Waals surface area (Å²) in [6.07, 6.45) is 0. The molecule has 0 saturated carbocycles. The van der Waals surface area contributed by atoms with E-state index in [1.807, 2.05) is 30.3 Å². The molecule has 0 spiro atoms. The first kappa shape index (κ1) is 11.1. The molecule has 0 amide bonds. The Morgan fingerprint density at radius 2 is 1.88 bits per heavy atom. The molecule has 4 heteroatoms. The van der Waals surface area contributed by atoms with Crippen molar-refractivity contribution in [2.45, 2.75) is 6.54 Å². The van der Waals surface area contributed by atoms with Crippen LogP contribution in [-0.4, -0.2) is 16.1 Å². The predicted molar refractivity (Wildman–Crippen MR) is 65.0 cm³/mol. The van der Waals surface area contributed by atoms with Crippen LogP contribution in [0.2, 0.25) is 0 Å². The van der Waals surface area contributed by atoms with Crippen molar-refractivity contribution in [1.82, 2.24) is 4.98 Å². The number of hydrogen-bond donors (Lipinski definition) is 2. The lowest BCUT2D eigenvalue weighted by Crippen LogP contribution is -2.05. The zero-order valence-corrected chi connectivity index (χ0v) is 9.13. The number of nitrogens with one attached hydrogen (secondary N) is 1. The van der Waals surface area contributed by atoms with Crippen LogP contribution in [0.25, 0.3) is 0 Å². The molecule has 1 aromatic heterocycles. The molecule has 0 unspecified atom stereocenters. The highest BCUT2D eigenvalue weighted by Gasteiger charge is 2.04. The van der Waals surface area contributed by atoms with Gasteiger partial charge in [0.1, 0.15) is 5.82 Å². The maximum atomic E-state index is 10.7. The second-order valence-electron chi connectivity index (χ2n) is 3.55. The molecule has 0 fully saturated rings. The van der Waals surface area contributed by atoms with E-state index in [9.17, 15) is 4.79 Å². The Balaban J connectivity index is 2.04. The fourth-order valence-electron chi connectivity index (χ4n) is 1.44. The summed E-state index contributed by atoms with van der Waals surface area (Å²) in [6.45, 7) is 0.622. The van der Waals surface area contributed by atoms with Crippen molar-refractivity contribution in [2.24, 2.45) is 0 Å². The summed E-state index contributed by atoms with van der Waals surface area (Å²) in [5.41, 5.74) is 1.16. The van der Waals surface area contributed by atoms with Crippen LogP contribution in [0.3, 0.4) is 0 Å². The highest BCUT2D eigenvalue weighted by atomic mass is 16.4. The Hall–Kier alpha value is -2.36. The topological polar surface area (TPSA) is 62.2 Å². The molecule has 2 N–H and O–H groups in total. The number of pyridine rings is 1. The molecular weight excluding hydrogens is 216 g/mol. The third-order valence-electron chi connectivity index (χ3n) is 2.28. The summed E-state index contributed by atoms with van der Waals surface area (Å²) >= 11 is 0. The maximum Gasteiger partial charge on any atom is 0.354 e. The van der Waals surface area contributed by atoms with E-state index < -0.39 is 5.97 Å². The first-order chi connectivity index (χ1) is 8.25. The molecule has 1 heterocycles. The van der Waals surface area contributed by atoms with E-state index in [4.69, 9.17) is 5.11 Å². The molecule has 0 aliphatic heterocycles. The van der Waals surface area contributed by atoms with E-state index in [0.717, 1.165) is 5.56 Å². The van der Waals surface area contributed by atoms with E-state index in [1.165, 1.54) is 6.07 Å². The standard InChI is InChI=1S/C13H12N2O2/c16-13(17)11-7-4-8-12(15-11)14-9-10-5-2-1-3-6-10/h1-8H,9H2,(H,14,15)(H,16,17). The molecule has 0 saturated heterocycles. The molecule has 2 rings (SSSR count). The molecule has 17 heavy (non-hydrogen) atoms. The van der Waals surface area contributed by atoms with Crippen molar-refractivity contribution in [2.75, 3.05) is 5.32 Å². The first-order valence-electron chi connectivity index (χ1n) is 5.24. The van der Waals surface area contributed by atoms with E-state index in [0.29, 0.717) is 12.4 Å². The minimum atomic E-state index is -1.02. The van der Waals surface area contributed by atoms with Crippen LogP contribution in [0, 0.1) is 0 Å². The fraction of sp³-hybridized carbons (Fsp3) is 0.0769. The lowest BCUT2D eigenvalue weighted by atomic mass is 10.2. The summed E-state index contributed by atoms with van der Waals surface area (Å²) in [5, 5.41) is 11.9. The summed E-state index contributed by atoms with van der Waals surface area (Å²) in [5.74, 6) is -0.456. The summed E-state index contributed by atoms with van der Waals surface area (Å²) in [7, 11) is 0. The largest absolute Gasteiger partial charge is 0.477 e. The molecule has 2 aromatic rings. The number of carboxylic acids is 1. The average molecular weight is 228 g/mol. The molecule has 0 aliphatic rings. The van der Waals surface area contributed by atoms with Gasteiger partial charge in [-0.3, -0.25) is 0 Å². The second-order valence-corrected chi connectivity index (χ2v) is 3.55. The smallest absolute Gasteiger partial charge is 0.354 e. The maximum absolute atomic E-state index is 10.7. The highest BCUT2D eigenvalue weighted by molar-refractivity contribution is 5.85. The van der Waals surface area contributed by atoms with Gasteiger partial charge in [0.25, 0.3) is 0 Å². The minimum absolute atomic E-state index is 0.0445. The van der Waals surface area contributed by atoms with Gasteiger partial charge in [-0.1, -0.05) is 36.4 Å². The quantitative estimate of drug-likeness (QED) is 0.843. The number of aromatic nitrogens is 1. The van der Waals surface area contributed by atoms with Crippen LogP contribution >= 0.6 is 0 Å². The first-order valence-corrected chi connectivity index (χ1v) is 5.24. The van der Waals surface area contributed by atoms with Gasteiger partial charge in [-0.05, 0) is 17.7 Å². The van der Waals surface area contributed by atoms with Crippen LogP contribution in [0.5, 0.6) is 0 Å². The fourth-order valence-corrected chi connectivity index (χ4v) is 1.44. The normalized spacial score (nSPS) is 9.88. The monoisotopic (exact) mass is 228 g/mol. The van der Waals surface area contributed by atoms with Gasteiger partial charge in [0.05, 0.1) is 0 Å². The third kappa shape index (κ3) is 3.04. The van der Waals surface area contributed by atoms with Crippen LogP contribution in [0.1, 0.15) is 16.1 Å². The Bertz CT molecular complexity index is 512. The van der Waals surface area contributed by atoms with Gasteiger partial charge in [-0.15, -0.1) is 0 Å². The zero-order chi connectivity index (χ0) is 12.1. The number of anilines is 1. The van der Waals surface area contributed by atoms with Crippen molar-refractivity contribution in [3.05, 3.63) is 59.8 Å². The molecule has 0 aliphatic carbocycles. The van der Waals surface area contributed by atoms with E-state index in [2.05, 4.69) is 10.3 Å². The van der Waals surface area contributed by atoms with Gasteiger partial charge in [0, 0.05) is 6.54 Å². The van der Waals surface area contributed by atoms with Crippen LogP contribution in [-0.2, 0) is 6.54 Å². The number of rotatable bonds is 4. The van der Waals surface area contributed by atoms with Gasteiger partial charge in [-0.2, -0.15) is 0 Å². The van der Waals surface area contributed by atoms with Crippen LogP contribution < -0.4 is 5.32 Å². The van der Waals surface area contributed by atoms with Crippen molar-refractivity contribution in [3.8, 4) is 0 Å². The molecule has 86 valence electrons. The van der Waals surface area contributed by atoms with Gasteiger partial charge in [0.2, 0.25) is 0 Å². The number of carbonyl (C=O) groups is 1. The number of nitrogens with zero attached hydrogens (tertiary/aromatic N) is 1. The van der Waals surface area contributed by atoms with Crippen LogP contribution in [0.15, 0.2) is 48.5 Å². The Morgan fingerprint density at radius 1 is 1.12 bits per heavy atom. The van der Waals surface area contributed by atoms with Gasteiger partial charge in [-0.25, -0.2) is 9.78 Å². The second kappa shape index (κ2) is 5.12. The Labute approximate surface area is 98.9 Å². The zero-order valence-electron chi connectivity index (χ0n) is 9.13. The summed E-state index contributed by atoms with van der Waals surface area (Å²) in [4.78, 5) is 14.7. The van der Waals surface area contributed by atoms with E-state index in [-0.39, 0.29) is 5.69 Å². The number of hydrogen-bond acceptors (Lipinski definition) is 3. The van der Waals surface area contributed by atoms with E-state index in [1.54, 1.807) is 12.1 Å². The molecule has 0 atom stereocenters. The minimum Gasteiger partial charge on any atom is -0.477 e. The van der Waals surface area contributed by atoms with Crippen molar-refractivity contribution in [1.29, 1.82) is 0 Å². The predicted octanol–water partition coefficient (Wildman–Crippen LogP) is 2.39. The average Bonchev–Trinajstić information content (AvgIpc) is 2.38.